The summed E-state index contributed by atoms with van der Waals surface area (Å²) in [5, 5.41) is 26.8. The SMILES string of the molecule is C.C.Cc1ccc(C(=O)OCc2ccc([C@@H](CN)C(=O)Nc3ccc4cnccc4c3)cc2)c(C)c1.Cc1ccc(C(=O)OCc2ccc([C@@H](CNC(=O)OC(C)(C)C)C(=O)Nc3ccc4cnccc4c3)cc2)c(C)c1.Cc1ccc(C(=O)OCc2ccc([C@@H](CNC(=O)OC(C)(C)C)C(=O)O)cc2)c(C)c1.Nc1ccc2cnccc2c1. The Kier molecular flexibility index (Phi) is 33.7. The number of anilines is 3. The number of carboxylic acid groups (broad SMARTS) is 1. The number of nitrogen functional groups attached to an aromatic ring is 1. The minimum atomic E-state index is -1.06. The second-order valence-electron chi connectivity index (χ2n) is 30.2. The number of esters is 3. The lowest BCUT2D eigenvalue weighted by molar-refractivity contribution is -0.138. The van der Waals surface area contributed by atoms with Crippen LogP contribution in [-0.4, -0.2) is 98.8 Å². The number of aryl methyl sites for hydroxylation is 6. The van der Waals surface area contributed by atoms with E-state index in [4.69, 9.17) is 35.2 Å². The highest BCUT2D eigenvalue weighted by atomic mass is 16.6. The lowest BCUT2D eigenvalue weighted by Gasteiger charge is -2.22. The van der Waals surface area contributed by atoms with Crippen molar-refractivity contribution in [1.82, 2.24) is 25.6 Å². The number of amides is 4. The van der Waals surface area contributed by atoms with Gasteiger partial charge in [0, 0.05) is 90.0 Å². The molecule has 620 valence electrons. The van der Waals surface area contributed by atoms with Gasteiger partial charge in [0.25, 0.3) is 0 Å². The molecule has 3 atom stereocenters. The molecule has 0 aliphatic rings. The summed E-state index contributed by atoms with van der Waals surface area (Å²) >= 11 is 0. The van der Waals surface area contributed by atoms with Crippen LogP contribution in [0.25, 0.3) is 32.3 Å². The van der Waals surface area contributed by atoms with Crippen LogP contribution >= 0.6 is 0 Å². The van der Waals surface area contributed by atoms with E-state index in [9.17, 15) is 43.5 Å². The van der Waals surface area contributed by atoms with Crippen molar-refractivity contribution >= 4 is 97.3 Å². The van der Waals surface area contributed by atoms with E-state index < -0.39 is 59.1 Å². The standard InChI is InChI=1S/C33H35N3O5.C28H27N3O3.C24H29NO6.C9H8N2.2CH4/c1-21-6-13-28(22(2)16-21)31(38)40-20-23-7-9-24(10-8-23)29(19-35-32(39)41-33(3,4)5)30(37)36-27-12-11-26-18-34-15-14-25(26)17-27;1-18-3-10-25(19(2)13-18)28(33)34-17-20-4-6-21(7-5-20)26(15-29)27(32)31-24-9-8-23-16-30-12-11-22(23)14-24;1-15-6-11-19(16(2)12-15)22(28)30-14-17-7-9-18(10-8-17)20(21(26)27)13-25-23(29)31-24(3,4)5;10-9-2-1-8-6-11-4-3-7(8)5-9;;/h6-18,29H,19-20H2,1-5H3,(H,35,39)(H,36,37);3-14,16,26H,15,17,29H2,1-2H3,(H,31,32);6-12,20H,13-14H2,1-5H3,(H,25,29)(H,26,27);1-6H,10H2;2*1H4/t29-;26-;20-;;;/m111.../s1. The molecule has 0 unspecified atom stereocenters. The number of hydrogen-bond donors (Lipinski definition) is 7. The van der Waals surface area contributed by atoms with Crippen molar-refractivity contribution in [2.75, 3.05) is 36.0 Å². The van der Waals surface area contributed by atoms with E-state index in [0.717, 1.165) is 93.6 Å². The summed E-state index contributed by atoms with van der Waals surface area (Å²) in [4.78, 5) is 112. The Hall–Kier alpha value is -13.7. The van der Waals surface area contributed by atoms with Crippen molar-refractivity contribution in [3.8, 4) is 0 Å². The topological polar surface area (TPSA) is 342 Å². The van der Waals surface area contributed by atoms with Crippen LogP contribution in [0.15, 0.2) is 237 Å². The van der Waals surface area contributed by atoms with Gasteiger partial charge < -0.3 is 61.5 Å². The fourth-order valence-electron chi connectivity index (χ4n) is 12.3. The first-order valence-corrected chi connectivity index (χ1v) is 38.0. The Bertz CT molecular complexity index is 5510. The van der Waals surface area contributed by atoms with E-state index in [1.807, 2.05) is 181 Å². The minimum Gasteiger partial charge on any atom is -0.481 e. The second-order valence-corrected chi connectivity index (χ2v) is 30.2. The number of nitrogens with one attached hydrogen (secondary N) is 4. The average molecular weight is 1610 g/mol. The molecule has 0 saturated carbocycles. The Labute approximate surface area is 695 Å². The van der Waals surface area contributed by atoms with Crippen LogP contribution < -0.4 is 32.7 Å². The molecule has 4 amide bonds. The summed E-state index contributed by atoms with van der Waals surface area (Å²) in [5.41, 5.74) is 24.1. The highest BCUT2D eigenvalue weighted by Gasteiger charge is 2.27. The first-order valence-electron chi connectivity index (χ1n) is 38.0. The number of benzene rings is 9. The number of fused-ring (bicyclic) bond motifs is 3. The van der Waals surface area contributed by atoms with Gasteiger partial charge in [0.2, 0.25) is 11.8 Å². The predicted molar refractivity (Wildman–Crippen MR) is 468 cm³/mol. The number of aromatic nitrogens is 3. The summed E-state index contributed by atoms with van der Waals surface area (Å²) in [7, 11) is 0. The number of aliphatic carboxylic acids is 1. The lowest BCUT2D eigenvalue weighted by atomic mass is 9.96. The van der Waals surface area contributed by atoms with Crippen LogP contribution in [0.2, 0.25) is 0 Å². The number of hydrogen-bond acceptors (Lipinski definition) is 18. The van der Waals surface area contributed by atoms with E-state index in [1.54, 1.807) is 139 Å². The molecule has 23 heteroatoms. The van der Waals surface area contributed by atoms with E-state index in [1.165, 1.54) is 0 Å². The fraction of sp³-hybridized carbons (Fsp3) is 0.260. The Morgan fingerprint density at radius 3 is 1.04 bits per heavy atom. The van der Waals surface area contributed by atoms with Gasteiger partial charge in [-0.1, -0.05) is 159 Å². The van der Waals surface area contributed by atoms with Gasteiger partial charge in [0.05, 0.1) is 34.4 Å². The molecule has 119 heavy (non-hydrogen) atoms. The summed E-state index contributed by atoms with van der Waals surface area (Å²) in [6.45, 7) is 22.5. The maximum absolute atomic E-state index is 13.5. The molecule has 3 heterocycles. The molecule has 23 nitrogen and oxygen atoms in total. The molecule has 0 fully saturated rings. The number of nitrogens with two attached hydrogens (primary N) is 2. The van der Waals surface area contributed by atoms with Gasteiger partial charge >= 0.3 is 36.1 Å². The minimum absolute atomic E-state index is 0. The van der Waals surface area contributed by atoms with E-state index in [0.29, 0.717) is 39.2 Å². The zero-order chi connectivity index (χ0) is 84.5. The summed E-state index contributed by atoms with van der Waals surface area (Å²) in [5.74, 6) is -4.82. The average Bonchev–Trinajstić information content (AvgIpc) is 0.824. The van der Waals surface area contributed by atoms with Crippen molar-refractivity contribution in [2.45, 2.75) is 147 Å². The highest BCUT2D eigenvalue weighted by Crippen LogP contribution is 2.27. The van der Waals surface area contributed by atoms with E-state index in [2.05, 4.69) is 36.2 Å². The van der Waals surface area contributed by atoms with Crippen molar-refractivity contribution < 1.29 is 67.1 Å². The zero-order valence-electron chi connectivity index (χ0n) is 67.7. The second kappa shape index (κ2) is 43.3. The number of pyridine rings is 3. The number of alkyl carbamates (subject to hydrolysis) is 2. The van der Waals surface area contributed by atoms with Crippen LogP contribution in [-0.2, 0) is 57.9 Å². The molecule has 0 saturated heterocycles. The van der Waals surface area contributed by atoms with Gasteiger partial charge in [-0.15, -0.1) is 0 Å². The molecule has 0 aliphatic carbocycles. The van der Waals surface area contributed by atoms with Gasteiger partial charge in [0.1, 0.15) is 31.0 Å². The molecule has 9 N–H and O–H groups in total. The van der Waals surface area contributed by atoms with Crippen LogP contribution in [0.1, 0.15) is 172 Å². The van der Waals surface area contributed by atoms with Gasteiger partial charge in [-0.2, -0.15) is 0 Å². The molecule has 9 aromatic carbocycles. The third kappa shape index (κ3) is 28.3. The van der Waals surface area contributed by atoms with E-state index >= 15 is 0 Å². The number of carbonyl (C=O) groups is 8. The molecule has 3 aromatic heterocycles. The monoisotopic (exact) mass is 1610 g/mol. The lowest BCUT2D eigenvalue weighted by Crippen LogP contribution is -2.37. The van der Waals surface area contributed by atoms with Gasteiger partial charge in [-0.3, -0.25) is 29.3 Å². The molecular weight excluding hydrogens is 1500 g/mol. The third-order valence-electron chi connectivity index (χ3n) is 18.4. The van der Waals surface area contributed by atoms with Crippen molar-refractivity contribution in [2.24, 2.45) is 5.73 Å². The summed E-state index contributed by atoms with van der Waals surface area (Å²) in [6, 6.07) is 60.8. The van der Waals surface area contributed by atoms with Gasteiger partial charge in [-0.25, -0.2) is 24.0 Å². The zero-order valence-corrected chi connectivity index (χ0v) is 67.7. The first-order chi connectivity index (χ1) is 55.7. The molecule has 0 bridgehead atoms. The van der Waals surface area contributed by atoms with Crippen molar-refractivity contribution in [1.29, 1.82) is 0 Å². The number of rotatable bonds is 22. The quantitative estimate of drug-likeness (QED) is 0.0188. The third-order valence-corrected chi connectivity index (χ3v) is 18.4. The molecule has 12 rings (SSSR count). The van der Waals surface area contributed by atoms with Crippen LogP contribution in [0, 0.1) is 41.5 Å². The van der Waals surface area contributed by atoms with Gasteiger partial charge in [0.15, 0.2) is 0 Å². The van der Waals surface area contributed by atoms with Crippen molar-refractivity contribution in [3.63, 3.8) is 0 Å². The number of ether oxygens (including phenoxy) is 5. The van der Waals surface area contributed by atoms with Crippen LogP contribution in [0.3, 0.4) is 0 Å². The van der Waals surface area contributed by atoms with Crippen molar-refractivity contribution in [3.05, 3.63) is 321 Å². The smallest absolute Gasteiger partial charge is 0.407 e. The Balaban J connectivity index is 0.000000230. The fourth-order valence-corrected chi connectivity index (χ4v) is 12.3. The molecular formula is C96H107N9O14. The normalized spacial score (nSPS) is 11.5. The van der Waals surface area contributed by atoms with Crippen LogP contribution in [0.5, 0.6) is 0 Å². The number of nitrogens with zero attached hydrogens (tertiary/aromatic N) is 3. The Morgan fingerprint density at radius 2 is 0.706 bits per heavy atom. The molecule has 12 aromatic rings. The maximum atomic E-state index is 13.5. The highest BCUT2D eigenvalue weighted by molar-refractivity contribution is 6.00. The predicted octanol–water partition coefficient (Wildman–Crippen LogP) is 18.8. The number of carbonyl (C=O) groups excluding carboxylic acids is 7. The number of carboxylic acids is 1. The summed E-state index contributed by atoms with van der Waals surface area (Å²) < 4.78 is 26.9. The van der Waals surface area contributed by atoms with E-state index in [-0.39, 0.29) is 72.1 Å². The summed E-state index contributed by atoms with van der Waals surface area (Å²) in [6.07, 6.45) is 9.27. The molecule has 0 radical (unpaired) electrons. The maximum Gasteiger partial charge on any atom is 0.407 e. The molecule has 0 spiro atoms. The molecule has 0 aliphatic heterocycles. The first kappa shape index (κ1) is 92.5. The largest absolute Gasteiger partial charge is 0.481 e. The van der Waals surface area contributed by atoms with Gasteiger partial charge in [-0.05, 0) is 222 Å². The Morgan fingerprint density at radius 1 is 0.387 bits per heavy atom. The van der Waals surface area contributed by atoms with Crippen LogP contribution in [0.4, 0.5) is 26.7 Å².